The maximum Gasteiger partial charge on any atom is 0.407 e. The van der Waals surface area contributed by atoms with Crippen LogP contribution in [0.5, 0.6) is 0 Å². The molecule has 0 saturated carbocycles. The third kappa shape index (κ3) is 7.56. The number of amides is 4. The van der Waals surface area contributed by atoms with Gasteiger partial charge in [-0.25, -0.2) is 19.6 Å². The summed E-state index contributed by atoms with van der Waals surface area (Å²) < 4.78 is 9.51. The predicted molar refractivity (Wildman–Crippen MR) is 213 cm³/mol. The summed E-state index contributed by atoms with van der Waals surface area (Å²) in [5, 5.41) is 7.31. The number of hydrogen-bond donors (Lipinski definition) is 4. The van der Waals surface area contributed by atoms with E-state index in [1.54, 1.807) is 18.0 Å². The van der Waals surface area contributed by atoms with Gasteiger partial charge in [0.05, 0.1) is 54.9 Å². The second-order valence-electron chi connectivity index (χ2n) is 14.7. The van der Waals surface area contributed by atoms with E-state index in [2.05, 4.69) is 48.5 Å². The molecule has 5 heterocycles. The zero-order chi connectivity index (χ0) is 39.6. The molecule has 8 rings (SSSR count). The molecule has 4 N–H and O–H groups in total. The van der Waals surface area contributed by atoms with E-state index in [-0.39, 0.29) is 29.8 Å². The molecule has 5 aromatic rings. The van der Waals surface area contributed by atoms with Crippen LogP contribution >= 0.6 is 0 Å². The second-order valence-corrected chi connectivity index (χ2v) is 14.7. The van der Waals surface area contributed by atoms with Crippen LogP contribution in [0.3, 0.4) is 0 Å². The van der Waals surface area contributed by atoms with Crippen LogP contribution in [0.2, 0.25) is 0 Å². The Labute approximate surface area is 328 Å². The van der Waals surface area contributed by atoms with Crippen LogP contribution in [-0.2, 0) is 19.1 Å². The molecular weight excluding hydrogens is 727 g/mol. The number of allylic oxidation sites excluding steroid dienone is 2. The molecule has 3 aromatic heterocycles. The van der Waals surface area contributed by atoms with Crippen molar-refractivity contribution in [2.75, 3.05) is 27.3 Å². The molecule has 15 heteroatoms. The Bertz CT molecular complexity index is 2390. The summed E-state index contributed by atoms with van der Waals surface area (Å²) in [4.78, 5) is 76.0. The first kappa shape index (κ1) is 37.4. The lowest BCUT2D eigenvalue weighted by atomic mass is 9.93. The van der Waals surface area contributed by atoms with Gasteiger partial charge in [0.25, 0.3) is 0 Å². The standard InChI is InChI=1S/C42H45N9O6/c1-24(45-41(54)56-2)39(52)50-17-7-11-34(50)37-44-23-33(48-37)27-14-13-26-20-31(43-22-29(26)19-27)28-15-16-30-32(21-28)47-38(46-30)35-12-8-18-51(35)40(53)36(49-42(55)57-3)25-9-5-4-6-10-25/h5-6,9-10,13-16,19-25,34-36H,4,7-8,11-12,17-18H2,1-3H3,(H,44,48)(H,45,54)(H,46,47)(H,49,55). The molecule has 1 aliphatic carbocycles. The number of aromatic amines is 2. The highest BCUT2D eigenvalue weighted by Crippen LogP contribution is 2.35. The van der Waals surface area contributed by atoms with Gasteiger partial charge in [-0.1, -0.05) is 42.5 Å². The highest BCUT2D eigenvalue weighted by Gasteiger charge is 2.39. The van der Waals surface area contributed by atoms with Gasteiger partial charge in [0.2, 0.25) is 11.8 Å². The normalized spacial score (nSPS) is 19.2. The molecular formula is C42H45N9O6. The number of hydrogen-bond acceptors (Lipinski definition) is 9. The minimum atomic E-state index is -0.790. The topological polar surface area (TPSA) is 188 Å². The number of nitrogens with one attached hydrogen (secondary N) is 4. The zero-order valence-electron chi connectivity index (χ0n) is 32.0. The summed E-state index contributed by atoms with van der Waals surface area (Å²) in [6.07, 6.45) is 14.2. The fourth-order valence-corrected chi connectivity index (χ4v) is 8.17. The average molecular weight is 772 g/mol. The van der Waals surface area contributed by atoms with E-state index in [1.165, 1.54) is 14.2 Å². The summed E-state index contributed by atoms with van der Waals surface area (Å²) >= 11 is 0. The molecule has 2 fully saturated rings. The number of nitrogens with zero attached hydrogens (tertiary/aromatic N) is 5. The van der Waals surface area contributed by atoms with Crippen LogP contribution in [0.25, 0.3) is 44.3 Å². The molecule has 0 bridgehead atoms. The lowest BCUT2D eigenvalue weighted by molar-refractivity contribution is -0.135. The lowest BCUT2D eigenvalue weighted by Crippen LogP contribution is -2.51. The maximum atomic E-state index is 14.0. The van der Waals surface area contributed by atoms with Gasteiger partial charge >= 0.3 is 12.2 Å². The van der Waals surface area contributed by atoms with Crippen LogP contribution in [-0.4, -0.2) is 98.1 Å². The number of benzene rings is 2. The molecule has 0 radical (unpaired) electrons. The van der Waals surface area contributed by atoms with Crippen LogP contribution in [0.15, 0.2) is 79.2 Å². The number of fused-ring (bicyclic) bond motifs is 2. The first-order chi connectivity index (χ1) is 27.7. The number of imidazole rings is 2. The Morgan fingerprint density at radius 2 is 1.47 bits per heavy atom. The predicted octanol–water partition coefficient (Wildman–Crippen LogP) is 6.10. The van der Waals surface area contributed by atoms with Crippen molar-refractivity contribution in [2.45, 2.75) is 63.2 Å². The second kappa shape index (κ2) is 15.9. The van der Waals surface area contributed by atoms with Gasteiger partial charge in [0, 0.05) is 41.7 Å². The summed E-state index contributed by atoms with van der Waals surface area (Å²) in [7, 11) is 2.56. The van der Waals surface area contributed by atoms with Gasteiger partial charge in [-0.3, -0.25) is 14.6 Å². The number of carbonyl (C=O) groups is 4. The first-order valence-corrected chi connectivity index (χ1v) is 19.3. The Balaban J connectivity index is 0.982. The van der Waals surface area contributed by atoms with E-state index >= 15 is 0 Å². The molecule has 294 valence electrons. The van der Waals surface area contributed by atoms with Gasteiger partial charge in [-0.05, 0) is 68.7 Å². The number of pyridine rings is 1. The molecule has 57 heavy (non-hydrogen) atoms. The smallest absolute Gasteiger partial charge is 0.407 e. The van der Waals surface area contributed by atoms with Gasteiger partial charge in [0.1, 0.15) is 23.7 Å². The number of rotatable bonds is 9. The average Bonchev–Trinajstić information content (AvgIpc) is 4.08. The molecule has 2 aliphatic heterocycles. The number of likely N-dealkylation sites (tertiary alicyclic amines) is 2. The van der Waals surface area contributed by atoms with Crippen molar-refractivity contribution in [1.82, 2.24) is 45.4 Å². The molecule has 0 spiro atoms. The zero-order valence-corrected chi connectivity index (χ0v) is 32.0. The van der Waals surface area contributed by atoms with E-state index in [0.29, 0.717) is 24.7 Å². The van der Waals surface area contributed by atoms with Crippen molar-refractivity contribution in [3.63, 3.8) is 0 Å². The Hall–Kier alpha value is -6.51. The van der Waals surface area contributed by atoms with Crippen molar-refractivity contribution < 1.29 is 28.7 Å². The fraction of sp³-hybridized carbons (Fsp3) is 0.357. The third-order valence-corrected chi connectivity index (χ3v) is 11.1. The SMILES string of the molecule is COC(=O)NC(C)C(=O)N1CCCC1c1ncc(-c2ccc3cc(-c4ccc5nc(C6CCCN6C(=O)C(NC(=O)OC)C6C=CCC=C6)[nH]c5c4)ncc3c2)[nH]1. The molecule has 2 saturated heterocycles. The van der Waals surface area contributed by atoms with Crippen molar-refractivity contribution in [3.8, 4) is 22.5 Å². The summed E-state index contributed by atoms with van der Waals surface area (Å²) in [6.45, 7) is 2.79. The Kier molecular flexibility index (Phi) is 10.5. The molecule has 2 aromatic carbocycles. The van der Waals surface area contributed by atoms with E-state index in [9.17, 15) is 19.2 Å². The van der Waals surface area contributed by atoms with E-state index < -0.39 is 24.3 Å². The largest absolute Gasteiger partial charge is 0.453 e. The van der Waals surface area contributed by atoms with Crippen LogP contribution in [0.1, 0.15) is 62.8 Å². The number of methoxy groups -OCH3 is 2. The van der Waals surface area contributed by atoms with Gasteiger partial charge in [-0.2, -0.15) is 0 Å². The molecule has 4 atom stereocenters. The van der Waals surface area contributed by atoms with Crippen LogP contribution in [0.4, 0.5) is 9.59 Å². The third-order valence-electron chi connectivity index (χ3n) is 11.1. The monoisotopic (exact) mass is 771 g/mol. The highest BCUT2D eigenvalue weighted by molar-refractivity contribution is 5.91. The Morgan fingerprint density at radius 3 is 2.23 bits per heavy atom. The van der Waals surface area contributed by atoms with Gasteiger partial charge in [0.15, 0.2) is 0 Å². The van der Waals surface area contributed by atoms with E-state index in [0.717, 1.165) is 76.4 Å². The molecule has 15 nitrogen and oxygen atoms in total. The van der Waals surface area contributed by atoms with Crippen molar-refractivity contribution >= 4 is 45.8 Å². The van der Waals surface area contributed by atoms with Crippen LogP contribution < -0.4 is 10.6 Å². The molecule has 3 aliphatic rings. The summed E-state index contributed by atoms with van der Waals surface area (Å²) in [5.41, 5.74) is 5.13. The number of aromatic nitrogens is 5. The summed E-state index contributed by atoms with van der Waals surface area (Å²) in [5.74, 6) is 0.782. The van der Waals surface area contributed by atoms with Crippen molar-refractivity contribution in [2.24, 2.45) is 5.92 Å². The molecule has 4 amide bonds. The van der Waals surface area contributed by atoms with Gasteiger partial charge < -0.3 is 39.9 Å². The highest BCUT2D eigenvalue weighted by atomic mass is 16.5. The van der Waals surface area contributed by atoms with E-state index in [4.69, 9.17) is 14.7 Å². The minimum Gasteiger partial charge on any atom is -0.453 e. The fourth-order valence-electron chi connectivity index (χ4n) is 8.17. The lowest BCUT2D eigenvalue weighted by Gasteiger charge is -2.31. The van der Waals surface area contributed by atoms with Crippen molar-refractivity contribution in [3.05, 3.63) is 90.8 Å². The first-order valence-electron chi connectivity index (χ1n) is 19.3. The molecule has 4 unspecified atom stereocenters. The number of alkyl carbamates (subject to hydrolysis) is 2. The van der Waals surface area contributed by atoms with E-state index in [1.807, 2.05) is 59.7 Å². The Morgan fingerprint density at radius 1 is 0.772 bits per heavy atom. The minimum absolute atomic E-state index is 0.171. The van der Waals surface area contributed by atoms with Crippen molar-refractivity contribution in [1.29, 1.82) is 0 Å². The van der Waals surface area contributed by atoms with Gasteiger partial charge in [-0.15, -0.1) is 0 Å². The number of carbonyl (C=O) groups excluding carboxylic acids is 4. The van der Waals surface area contributed by atoms with Crippen LogP contribution in [0, 0.1) is 5.92 Å². The number of H-pyrrole nitrogens is 2. The maximum absolute atomic E-state index is 14.0. The summed E-state index contributed by atoms with van der Waals surface area (Å²) in [6, 6.07) is 12.2. The number of ether oxygens (including phenoxy) is 2. The quantitative estimate of drug-likeness (QED) is 0.129.